The van der Waals surface area contributed by atoms with Gasteiger partial charge in [0.1, 0.15) is 36.3 Å². The van der Waals surface area contributed by atoms with Crippen molar-refractivity contribution < 1.29 is 58.1 Å². The van der Waals surface area contributed by atoms with E-state index in [1.54, 1.807) is 38.9 Å². The highest BCUT2D eigenvalue weighted by Crippen LogP contribution is 2.32. The van der Waals surface area contributed by atoms with Gasteiger partial charge in [-0.1, -0.05) is 45.9 Å². The third kappa shape index (κ3) is 10.9. The third-order valence-electron chi connectivity index (χ3n) is 10.4. The molecule has 2 fully saturated rings. The lowest BCUT2D eigenvalue weighted by molar-refractivity contribution is -0.304. The lowest BCUT2D eigenvalue weighted by Crippen LogP contribution is -2.63. The Balaban J connectivity index is 1.84. The maximum absolute atomic E-state index is 13.3. The number of nitrogens with zero attached hydrogens (tertiary/aromatic N) is 1. The van der Waals surface area contributed by atoms with Crippen LogP contribution in [0.2, 0.25) is 0 Å². The number of rotatable bonds is 9. The number of carbonyl (C=O) groups excluding carboxylic acids is 2. The SMILES string of the molecule is CCC1OC(=O)/C=C/C(C)C(OC2OC(C)C(O)C(N(C)C)C2O)C(C)CC(C)C(=O)CC/C=C\C1COC1OC(C)C(O)C(OC)C1OC. The second-order valence-corrected chi connectivity index (χ2v) is 14.5. The van der Waals surface area contributed by atoms with E-state index in [-0.39, 0.29) is 36.1 Å². The van der Waals surface area contributed by atoms with Crippen LogP contribution in [0.15, 0.2) is 24.3 Å². The van der Waals surface area contributed by atoms with Crippen molar-refractivity contribution in [3.63, 3.8) is 0 Å². The first kappa shape index (κ1) is 42.6. The predicted octanol–water partition coefficient (Wildman–Crippen LogP) is 2.63. The van der Waals surface area contributed by atoms with E-state index in [0.29, 0.717) is 25.7 Å². The Morgan fingerprint density at radius 3 is 2.12 bits per heavy atom. The first-order chi connectivity index (χ1) is 23.6. The maximum Gasteiger partial charge on any atom is 0.330 e. The summed E-state index contributed by atoms with van der Waals surface area (Å²) in [4.78, 5) is 28.3. The van der Waals surface area contributed by atoms with Gasteiger partial charge in [-0.2, -0.15) is 0 Å². The number of aliphatic hydroxyl groups excluding tert-OH is 3. The number of Topliss-reactive ketones (excluding diaryl/α,β-unsaturated/α-hetero) is 1. The molecule has 0 aromatic carbocycles. The van der Waals surface area contributed by atoms with E-state index in [0.717, 1.165) is 0 Å². The van der Waals surface area contributed by atoms with E-state index in [9.17, 15) is 24.9 Å². The molecule has 0 bridgehead atoms. The van der Waals surface area contributed by atoms with Gasteiger partial charge in [-0.15, -0.1) is 0 Å². The van der Waals surface area contributed by atoms with Crippen LogP contribution in [-0.2, 0) is 42.7 Å². The summed E-state index contributed by atoms with van der Waals surface area (Å²) in [5.41, 5.74) is 0. The Morgan fingerprint density at radius 1 is 0.860 bits per heavy atom. The van der Waals surface area contributed by atoms with Crippen molar-refractivity contribution in [2.75, 3.05) is 34.9 Å². The minimum atomic E-state index is -1.13. The van der Waals surface area contributed by atoms with Gasteiger partial charge >= 0.3 is 5.97 Å². The first-order valence-corrected chi connectivity index (χ1v) is 18.1. The van der Waals surface area contributed by atoms with Crippen molar-refractivity contribution in [1.29, 1.82) is 0 Å². The van der Waals surface area contributed by atoms with Gasteiger partial charge in [-0.3, -0.25) is 4.79 Å². The molecule has 50 heavy (non-hydrogen) atoms. The molecular weight excluding hydrogens is 650 g/mol. The first-order valence-electron chi connectivity index (χ1n) is 18.1. The molecule has 16 atom stereocenters. The highest BCUT2D eigenvalue weighted by molar-refractivity contribution is 5.82. The normalized spacial score (nSPS) is 44.1. The molecular formula is C37H63NO12. The average Bonchev–Trinajstić information content (AvgIpc) is 3.07. The number of methoxy groups -OCH3 is 2. The summed E-state index contributed by atoms with van der Waals surface area (Å²) in [6, 6.07) is -0.607. The van der Waals surface area contributed by atoms with Crippen molar-refractivity contribution in [1.82, 2.24) is 4.90 Å². The molecule has 0 aliphatic carbocycles. The van der Waals surface area contributed by atoms with Gasteiger partial charge in [0.05, 0.1) is 37.1 Å². The largest absolute Gasteiger partial charge is 0.459 e. The number of ketones is 1. The molecule has 0 radical (unpaired) electrons. The Hall–Kier alpha value is -1.78. The molecule has 2 saturated heterocycles. The molecule has 3 N–H and O–H groups in total. The van der Waals surface area contributed by atoms with E-state index in [1.807, 2.05) is 39.8 Å². The van der Waals surface area contributed by atoms with E-state index in [2.05, 4.69) is 0 Å². The number of ether oxygens (including phenoxy) is 7. The number of esters is 1. The molecule has 3 rings (SSSR count). The fraction of sp³-hybridized carbons (Fsp3) is 0.838. The van der Waals surface area contributed by atoms with Crippen LogP contribution in [0, 0.1) is 23.7 Å². The number of allylic oxidation sites excluding steroid dienone is 1. The van der Waals surface area contributed by atoms with Crippen molar-refractivity contribution in [3.05, 3.63) is 24.3 Å². The topological polar surface area (TPSA) is 163 Å². The lowest BCUT2D eigenvalue weighted by Gasteiger charge is -2.46. The molecule has 13 nitrogen and oxygen atoms in total. The van der Waals surface area contributed by atoms with E-state index in [4.69, 9.17) is 33.2 Å². The second-order valence-electron chi connectivity index (χ2n) is 14.5. The van der Waals surface area contributed by atoms with E-state index >= 15 is 0 Å². The van der Waals surface area contributed by atoms with Crippen LogP contribution in [0.5, 0.6) is 0 Å². The summed E-state index contributed by atoms with van der Waals surface area (Å²) < 4.78 is 41.7. The molecule has 0 saturated carbocycles. The number of aliphatic hydroxyl groups is 3. The van der Waals surface area contributed by atoms with Gasteiger partial charge in [0.25, 0.3) is 0 Å². The molecule has 0 amide bonds. The highest BCUT2D eigenvalue weighted by atomic mass is 16.7. The van der Waals surface area contributed by atoms with Gasteiger partial charge in [-0.25, -0.2) is 4.79 Å². The zero-order valence-electron chi connectivity index (χ0n) is 31.5. The standard InChI is InChI=1S/C37H63NO12/c1-11-27-25(19-46-37-35(45-10)34(44-9)31(42)24(6)48-37)14-12-13-15-26(39)21(3)18-22(4)33(20(2)16-17-28(40)49-27)50-36-32(43)29(38(7)8)30(41)23(5)47-36/h12,14,16-17,20-25,27,29-37,41-43H,11,13,15,18-19H2,1-10H3/b14-12-,17-16+. The third-order valence-corrected chi connectivity index (χ3v) is 10.4. The fourth-order valence-corrected chi connectivity index (χ4v) is 7.37. The fourth-order valence-electron chi connectivity index (χ4n) is 7.37. The minimum Gasteiger partial charge on any atom is -0.459 e. The van der Waals surface area contributed by atoms with Crippen molar-refractivity contribution >= 4 is 11.8 Å². The van der Waals surface area contributed by atoms with Gasteiger partial charge in [0.15, 0.2) is 12.6 Å². The lowest BCUT2D eigenvalue weighted by atomic mass is 9.84. The monoisotopic (exact) mass is 713 g/mol. The Morgan fingerprint density at radius 2 is 1.50 bits per heavy atom. The van der Waals surface area contributed by atoms with Crippen LogP contribution in [-0.4, -0.2) is 140 Å². The molecule has 0 aromatic heterocycles. The van der Waals surface area contributed by atoms with Gasteiger partial charge in [0, 0.05) is 44.5 Å². The number of hydrogen-bond donors (Lipinski definition) is 3. The minimum absolute atomic E-state index is 0.120. The molecule has 3 aliphatic heterocycles. The summed E-state index contributed by atoms with van der Waals surface area (Å²) in [7, 11) is 6.56. The molecule has 288 valence electrons. The second kappa shape index (κ2) is 19.9. The number of cyclic esters (lactones) is 1. The summed E-state index contributed by atoms with van der Waals surface area (Å²) >= 11 is 0. The molecule has 13 heteroatoms. The quantitative estimate of drug-likeness (QED) is 0.236. The molecule has 3 aliphatic rings. The van der Waals surface area contributed by atoms with Crippen LogP contribution in [0.1, 0.15) is 67.2 Å². The number of hydrogen-bond acceptors (Lipinski definition) is 13. The molecule has 3 heterocycles. The van der Waals surface area contributed by atoms with Crippen molar-refractivity contribution in [2.45, 2.75) is 141 Å². The number of likely N-dealkylation sites (N-methyl/N-ethyl adjacent to an activating group) is 1. The summed E-state index contributed by atoms with van der Waals surface area (Å²) in [6.45, 7) is 11.3. The van der Waals surface area contributed by atoms with Gasteiger partial charge in [0.2, 0.25) is 0 Å². The van der Waals surface area contributed by atoms with Crippen LogP contribution in [0.4, 0.5) is 0 Å². The van der Waals surface area contributed by atoms with Crippen molar-refractivity contribution in [2.24, 2.45) is 23.7 Å². The van der Waals surface area contributed by atoms with Gasteiger partial charge < -0.3 is 53.4 Å². The maximum atomic E-state index is 13.3. The molecule has 16 unspecified atom stereocenters. The van der Waals surface area contributed by atoms with Crippen LogP contribution in [0.25, 0.3) is 0 Å². The highest BCUT2D eigenvalue weighted by Gasteiger charge is 2.47. The average molecular weight is 714 g/mol. The zero-order chi connectivity index (χ0) is 37.3. The van der Waals surface area contributed by atoms with Crippen LogP contribution in [0.3, 0.4) is 0 Å². The zero-order valence-corrected chi connectivity index (χ0v) is 31.5. The Kier molecular flexibility index (Phi) is 17.0. The van der Waals surface area contributed by atoms with Crippen molar-refractivity contribution in [3.8, 4) is 0 Å². The summed E-state index contributed by atoms with van der Waals surface area (Å²) in [5.74, 6) is -1.51. The van der Waals surface area contributed by atoms with Crippen LogP contribution < -0.4 is 0 Å². The number of carbonyl (C=O) groups is 2. The Labute approximate surface area is 298 Å². The summed E-state index contributed by atoms with van der Waals surface area (Å²) in [5, 5.41) is 32.5. The van der Waals surface area contributed by atoms with E-state index < -0.39 is 79.5 Å². The van der Waals surface area contributed by atoms with E-state index in [1.165, 1.54) is 20.3 Å². The Bertz CT molecular complexity index is 1120. The summed E-state index contributed by atoms with van der Waals surface area (Å²) in [6.07, 6.45) is 0.439. The molecule has 0 aromatic rings. The van der Waals surface area contributed by atoms with Gasteiger partial charge in [-0.05, 0) is 53.1 Å². The van der Waals surface area contributed by atoms with Crippen LogP contribution >= 0.6 is 0 Å². The molecule has 0 spiro atoms. The predicted molar refractivity (Wildman–Crippen MR) is 185 cm³/mol. The smallest absolute Gasteiger partial charge is 0.330 e.